The maximum Gasteiger partial charge on any atom is 0.315 e. The van der Waals surface area contributed by atoms with Crippen LogP contribution in [0.15, 0.2) is 42.5 Å². The molecule has 0 saturated heterocycles. The summed E-state index contributed by atoms with van der Waals surface area (Å²) in [4.78, 5) is 23.0. The number of amides is 2. The Morgan fingerprint density at radius 3 is 2.57 bits per heavy atom. The molecule has 160 valence electrons. The Kier molecular flexibility index (Phi) is 6.95. The van der Waals surface area contributed by atoms with Crippen molar-refractivity contribution in [2.75, 3.05) is 31.6 Å². The van der Waals surface area contributed by atoms with Crippen LogP contribution in [-0.4, -0.2) is 37.3 Å². The molecule has 9 heteroatoms. The molecule has 30 heavy (non-hydrogen) atoms. The number of hydrogen-bond donors (Lipinski definition) is 3. The molecule has 1 aliphatic heterocycles. The van der Waals surface area contributed by atoms with E-state index in [2.05, 4.69) is 16.0 Å². The van der Waals surface area contributed by atoms with Crippen LogP contribution in [0.2, 0.25) is 0 Å². The van der Waals surface area contributed by atoms with Gasteiger partial charge in [-0.15, -0.1) is 0 Å². The highest BCUT2D eigenvalue weighted by Crippen LogP contribution is 2.34. The van der Waals surface area contributed by atoms with Crippen molar-refractivity contribution in [1.29, 1.82) is 0 Å². The van der Waals surface area contributed by atoms with Crippen LogP contribution in [-0.2, 0) is 0 Å². The summed E-state index contributed by atoms with van der Waals surface area (Å²) in [5.41, 5.74) is 1.35. The highest BCUT2D eigenvalue weighted by atomic mass is 16.6. The molecular weight excluding hydrogens is 388 g/mol. The number of ether oxygens (including phenoxy) is 2. The maximum absolute atomic E-state index is 12.4. The Labute approximate surface area is 174 Å². The molecule has 0 aliphatic carbocycles. The Hall–Kier alpha value is -3.49. The minimum absolute atomic E-state index is 0.000400. The summed E-state index contributed by atoms with van der Waals surface area (Å²) in [6.07, 6.45) is 0. The van der Waals surface area contributed by atoms with Gasteiger partial charge in [0.15, 0.2) is 11.5 Å². The van der Waals surface area contributed by atoms with Crippen molar-refractivity contribution in [3.8, 4) is 11.5 Å². The normalized spacial score (nSPS) is 13.4. The van der Waals surface area contributed by atoms with Crippen LogP contribution < -0.4 is 25.4 Å². The third-order valence-electron chi connectivity index (χ3n) is 4.71. The Balaban J connectivity index is 1.53. The Bertz CT molecular complexity index is 903. The first-order valence-electron chi connectivity index (χ1n) is 9.87. The number of nitro benzene ring substituents is 1. The summed E-state index contributed by atoms with van der Waals surface area (Å²) in [7, 11) is 0. The number of nitrogens with zero attached hydrogens (tertiary/aromatic N) is 1. The van der Waals surface area contributed by atoms with Crippen LogP contribution in [0, 0.1) is 16.0 Å². The van der Waals surface area contributed by atoms with E-state index in [1.165, 1.54) is 6.07 Å². The molecular formula is C21H26N4O5. The number of rotatable bonds is 8. The summed E-state index contributed by atoms with van der Waals surface area (Å²) in [5, 5.41) is 19.8. The second-order valence-electron chi connectivity index (χ2n) is 7.23. The average Bonchev–Trinajstić information content (AvgIpc) is 2.74. The van der Waals surface area contributed by atoms with Crippen LogP contribution in [0.4, 0.5) is 16.2 Å². The Morgan fingerprint density at radius 2 is 1.83 bits per heavy atom. The molecule has 2 aromatic rings. The van der Waals surface area contributed by atoms with Crippen LogP contribution in [0.25, 0.3) is 0 Å². The molecule has 0 radical (unpaired) electrons. The van der Waals surface area contributed by atoms with Crippen molar-refractivity contribution in [3.63, 3.8) is 0 Å². The molecule has 0 saturated carbocycles. The Morgan fingerprint density at radius 1 is 1.10 bits per heavy atom. The predicted molar refractivity (Wildman–Crippen MR) is 113 cm³/mol. The largest absolute Gasteiger partial charge is 0.486 e. The number of hydrogen-bond acceptors (Lipinski definition) is 6. The van der Waals surface area contributed by atoms with Crippen LogP contribution in [0.3, 0.4) is 0 Å². The van der Waals surface area contributed by atoms with Gasteiger partial charge in [0.1, 0.15) is 18.9 Å². The van der Waals surface area contributed by atoms with Crippen molar-refractivity contribution in [1.82, 2.24) is 10.6 Å². The molecule has 0 fully saturated rings. The summed E-state index contributed by atoms with van der Waals surface area (Å²) in [6, 6.07) is 11.6. The minimum Gasteiger partial charge on any atom is -0.486 e. The number of anilines is 1. The van der Waals surface area contributed by atoms with Crippen molar-refractivity contribution < 1.29 is 19.2 Å². The lowest BCUT2D eigenvalue weighted by Gasteiger charge is -2.25. The van der Waals surface area contributed by atoms with E-state index in [1.807, 2.05) is 32.0 Å². The van der Waals surface area contributed by atoms with Crippen molar-refractivity contribution in [2.45, 2.75) is 19.9 Å². The fraction of sp³-hybridized carbons (Fsp3) is 0.381. The maximum atomic E-state index is 12.4. The molecule has 9 nitrogen and oxygen atoms in total. The first kappa shape index (κ1) is 21.2. The van der Waals surface area contributed by atoms with Gasteiger partial charge < -0.3 is 25.4 Å². The van der Waals surface area contributed by atoms with Crippen LogP contribution in [0.5, 0.6) is 11.5 Å². The van der Waals surface area contributed by atoms with Gasteiger partial charge in [-0.3, -0.25) is 10.1 Å². The van der Waals surface area contributed by atoms with E-state index in [9.17, 15) is 14.9 Å². The summed E-state index contributed by atoms with van der Waals surface area (Å²) in [6.45, 7) is 5.75. The zero-order valence-corrected chi connectivity index (χ0v) is 17.0. The van der Waals surface area contributed by atoms with Gasteiger partial charge in [-0.2, -0.15) is 0 Å². The van der Waals surface area contributed by atoms with Crippen LogP contribution in [0.1, 0.15) is 25.5 Å². The third kappa shape index (κ3) is 5.31. The first-order valence-corrected chi connectivity index (χ1v) is 9.87. The van der Waals surface area contributed by atoms with Crippen molar-refractivity contribution >= 4 is 17.4 Å². The molecule has 1 atom stereocenters. The average molecular weight is 414 g/mol. The molecule has 0 aromatic heterocycles. The molecule has 1 aliphatic rings. The lowest BCUT2D eigenvalue weighted by atomic mass is 9.95. The molecule has 0 bridgehead atoms. The smallest absolute Gasteiger partial charge is 0.315 e. The van der Waals surface area contributed by atoms with E-state index >= 15 is 0 Å². The molecule has 0 unspecified atom stereocenters. The van der Waals surface area contributed by atoms with E-state index in [1.54, 1.807) is 18.2 Å². The molecule has 3 rings (SSSR count). The molecule has 3 N–H and O–H groups in total. The van der Waals surface area contributed by atoms with Gasteiger partial charge in [-0.25, -0.2) is 4.79 Å². The topological polar surface area (TPSA) is 115 Å². The fourth-order valence-corrected chi connectivity index (χ4v) is 3.24. The minimum atomic E-state index is -0.441. The highest BCUT2D eigenvalue weighted by molar-refractivity contribution is 5.74. The van der Waals surface area contributed by atoms with Gasteiger partial charge in [0, 0.05) is 19.2 Å². The van der Waals surface area contributed by atoms with Gasteiger partial charge in [-0.05, 0) is 29.7 Å². The SMILES string of the molecule is CC(C)[C@H](NC(=O)NCCNc1ccccc1[N+](=O)[O-])c1ccc2c(c1)OCCO2. The number of benzene rings is 2. The van der Waals surface area contributed by atoms with E-state index in [-0.39, 0.29) is 23.7 Å². The predicted octanol–water partition coefficient (Wildman–Crippen LogP) is 3.47. The van der Waals surface area contributed by atoms with Crippen molar-refractivity contribution in [2.24, 2.45) is 5.92 Å². The number of carbonyl (C=O) groups excluding carboxylic acids is 1. The lowest BCUT2D eigenvalue weighted by molar-refractivity contribution is -0.384. The van der Waals surface area contributed by atoms with E-state index in [0.29, 0.717) is 43.5 Å². The first-order chi connectivity index (χ1) is 14.5. The molecule has 2 amide bonds. The second-order valence-corrected chi connectivity index (χ2v) is 7.23. The van der Waals surface area contributed by atoms with Gasteiger partial charge >= 0.3 is 6.03 Å². The summed E-state index contributed by atoms with van der Waals surface area (Å²) in [5.74, 6) is 1.54. The van der Waals surface area contributed by atoms with Crippen LogP contribution >= 0.6 is 0 Å². The number of nitrogens with one attached hydrogen (secondary N) is 3. The zero-order valence-electron chi connectivity index (χ0n) is 17.0. The number of carbonyl (C=O) groups is 1. The third-order valence-corrected chi connectivity index (χ3v) is 4.71. The second kappa shape index (κ2) is 9.82. The van der Waals surface area contributed by atoms with Gasteiger partial charge in [0.2, 0.25) is 0 Å². The zero-order chi connectivity index (χ0) is 21.5. The van der Waals surface area contributed by atoms with Gasteiger partial charge in [-0.1, -0.05) is 32.0 Å². The molecule has 2 aromatic carbocycles. The molecule has 0 spiro atoms. The number of urea groups is 1. The standard InChI is InChI=1S/C21H26N4O5/c1-14(2)20(15-7-8-18-19(13-15)30-12-11-29-18)24-21(26)23-10-9-22-16-5-3-4-6-17(16)25(27)28/h3-8,13-14,20,22H,9-12H2,1-2H3,(H2,23,24,26)/t20-/m0/s1. The van der Waals surface area contributed by atoms with E-state index < -0.39 is 4.92 Å². The fourth-order valence-electron chi connectivity index (χ4n) is 3.24. The monoisotopic (exact) mass is 414 g/mol. The van der Waals surface area contributed by atoms with E-state index in [4.69, 9.17) is 9.47 Å². The number of para-hydroxylation sites is 2. The highest BCUT2D eigenvalue weighted by Gasteiger charge is 2.21. The lowest BCUT2D eigenvalue weighted by Crippen LogP contribution is -2.41. The summed E-state index contributed by atoms with van der Waals surface area (Å²) >= 11 is 0. The van der Waals surface area contributed by atoms with E-state index in [0.717, 1.165) is 5.56 Å². The number of nitro groups is 1. The molecule has 1 heterocycles. The van der Waals surface area contributed by atoms with Gasteiger partial charge in [0.05, 0.1) is 11.0 Å². The van der Waals surface area contributed by atoms with Gasteiger partial charge in [0.25, 0.3) is 5.69 Å². The van der Waals surface area contributed by atoms with Crippen molar-refractivity contribution in [3.05, 3.63) is 58.1 Å². The quantitative estimate of drug-likeness (QED) is 0.346. The number of fused-ring (bicyclic) bond motifs is 1. The summed E-state index contributed by atoms with van der Waals surface area (Å²) < 4.78 is 11.2.